The normalized spacial score (nSPS) is 14.5. The van der Waals surface area contributed by atoms with Crippen LogP contribution in [0.15, 0.2) is 40.7 Å². The van der Waals surface area contributed by atoms with Gasteiger partial charge in [0.25, 0.3) is 0 Å². The number of rotatable bonds is 5. The second kappa shape index (κ2) is 9.30. The maximum atomic E-state index is 12.8. The van der Waals surface area contributed by atoms with Gasteiger partial charge in [0.2, 0.25) is 5.91 Å². The third kappa shape index (κ3) is 5.72. The van der Waals surface area contributed by atoms with E-state index in [1.165, 1.54) is 16.5 Å². The van der Waals surface area contributed by atoms with Gasteiger partial charge in [0.05, 0.1) is 18.7 Å². The second-order valence-corrected chi connectivity index (χ2v) is 7.68. The summed E-state index contributed by atoms with van der Waals surface area (Å²) in [6.45, 7) is 3.91. The molecule has 3 rings (SSSR count). The molecule has 0 aliphatic carbocycles. The predicted molar refractivity (Wildman–Crippen MR) is 108 cm³/mol. The van der Waals surface area contributed by atoms with Crippen LogP contribution in [0.25, 0.3) is 0 Å². The van der Waals surface area contributed by atoms with Gasteiger partial charge in [-0.25, -0.2) is 4.99 Å². The number of nitrogens with zero attached hydrogens (tertiary/aromatic N) is 2. The monoisotopic (exact) mass is 424 g/mol. The molecule has 29 heavy (non-hydrogen) atoms. The van der Waals surface area contributed by atoms with E-state index in [0.717, 1.165) is 18.6 Å². The van der Waals surface area contributed by atoms with E-state index in [-0.39, 0.29) is 19.0 Å². The van der Waals surface area contributed by atoms with Crippen molar-refractivity contribution in [1.82, 2.24) is 15.5 Å². The number of hydrogen-bond donors (Lipinski definition) is 2. The Labute approximate surface area is 171 Å². The topological polar surface area (TPSA) is 56.7 Å². The van der Waals surface area contributed by atoms with Crippen molar-refractivity contribution >= 4 is 23.2 Å². The largest absolute Gasteiger partial charge is 0.416 e. The molecule has 1 aliphatic rings. The molecule has 0 fully saturated rings. The molecule has 0 saturated heterocycles. The van der Waals surface area contributed by atoms with E-state index in [1.54, 1.807) is 22.3 Å². The van der Waals surface area contributed by atoms with E-state index in [9.17, 15) is 18.0 Å². The molecule has 0 bridgehead atoms. The Morgan fingerprint density at radius 1 is 1.28 bits per heavy atom. The molecule has 1 aromatic carbocycles. The van der Waals surface area contributed by atoms with Gasteiger partial charge in [0.1, 0.15) is 0 Å². The summed E-state index contributed by atoms with van der Waals surface area (Å²) < 4.78 is 38.5. The lowest BCUT2D eigenvalue weighted by Gasteiger charge is -2.27. The summed E-state index contributed by atoms with van der Waals surface area (Å²) in [5.74, 6) is 0.359. The van der Waals surface area contributed by atoms with Gasteiger partial charge in [-0.1, -0.05) is 12.1 Å². The van der Waals surface area contributed by atoms with Crippen molar-refractivity contribution in [2.24, 2.45) is 4.99 Å². The fraction of sp³-hybridized carbons (Fsp3) is 0.400. The average Bonchev–Trinajstić information content (AvgIpc) is 3.17. The van der Waals surface area contributed by atoms with Crippen molar-refractivity contribution < 1.29 is 18.0 Å². The van der Waals surface area contributed by atoms with Crippen molar-refractivity contribution in [2.45, 2.75) is 32.6 Å². The number of amides is 1. The van der Waals surface area contributed by atoms with E-state index in [1.807, 2.05) is 18.4 Å². The third-order valence-electron chi connectivity index (χ3n) is 4.59. The van der Waals surface area contributed by atoms with Crippen LogP contribution in [0.2, 0.25) is 0 Å². The number of alkyl halides is 3. The van der Waals surface area contributed by atoms with Gasteiger partial charge in [-0.05, 0) is 48.1 Å². The smallest absolute Gasteiger partial charge is 0.357 e. The Bertz CT molecular complexity index is 879. The lowest BCUT2D eigenvalue weighted by Crippen LogP contribution is -2.45. The van der Waals surface area contributed by atoms with Crippen molar-refractivity contribution in [1.29, 1.82) is 0 Å². The molecule has 5 nitrogen and oxygen atoms in total. The van der Waals surface area contributed by atoms with Crippen molar-refractivity contribution in [3.8, 4) is 0 Å². The van der Waals surface area contributed by atoms with Gasteiger partial charge in [0, 0.05) is 24.5 Å². The summed E-state index contributed by atoms with van der Waals surface area (Å²) in [7, 11) is 0. The molecule has 1 amide bonds. The first-order valence-corrected chi connectivity index (χ1v) is 10.3. The zero-order valence-electron chi connectivity index (χ0n) is 16.1. The van der Waals surface area contributed by atoms with Crippen LogP contribution in [0.3, 0.4) is 0 Å². The summed E-state index contributed by atoms with van der Waals surface area (Å²) in [6.07, 6.45) is -3.52. The zero-order chi connectivity index (χ0) is 20.9. The highest BCUT2D eigenvalue weighted by Gasteiger charge is 2.30. The SMILES string of the molecule is CCNC(=NCc1cccc(C(F)(F)F)c1)NCC(=O)N1CCc2sccc2C1. The standard InChI is InChI=1S/C20H23F3N4OS/c1-2-24-19(25-11-14-4-3-5-16(10-14)20(21,22)23)26-12-18(28)27-8-6-17-15(13-27)7-9-29-17/h3-5,7,9-10H,2,6,8,11-13H2,1H3,(H2,24,25,26). The number of aliphatic imine (C=N–C) groups is 1. The Hall–Kier alpha value is -2.55. The Balaban J connectivity index is 1.58. The Morgan fingerprint density at radius 3 is 2.86 bits per heavy atom. The minimum Gasteiger partial charge on any atom is -0.357 e. The third-order valence-corrected chi connectivity index (χ3v) is 5.61. The van der Waals surface area contributed by atoms with Crippen molar-refractivity contribution in [2.75, 3.05) is 19.6 Å². The first-order chi connectivity index (χ1) is 13.9. The number of guanidine groups is 1. The molecule has 0 saturated carbocycles. The fourth-order valence-corrected chi connectivity index (χ4v) is 3.98. The number of fused-ring (bicyclic) bond motifs is 1. The van der Waals surface area contributed by atoms with Crippen LogP contribution in [-0.4, -0.2) is 36.4 Å². The number of benzene rings is 1. The highest BCUT2D eigenvalue weighted by Crippen LogP contribution is 2.29. The number of thiophene rings is 1. The highest BCUT2D eigenvalue weighted by atomic mass is 32.1. The van der Waals surface area contributed by atoms with Gasteiger partial charge in [-0.3, -0.25) is 4.79 Å². The number of carbonyl (C=O) groups excluding carboxylic acids is 1. The Kier molecular flexibility index (Phi) is 6.79. The highest BCUT2D eigenvalue weighted by molar-refractivity contribution is 7.10. The quantitative estimate of drug-likeness (QED) is 0.571. The molecular weight excluding hydrogens is 401 g/mol. The first-order valence-electron chi connectivity index (χ1n) is 9.38. The first kappa shape index (κ1) is 21.2. The van der Waals surface area contributed by atoms with Crippen LogP contribution in [-0.2, 0) is 30.5 Å². The fourth-order valence-electron chi connectivity index (χ4n) is 3.09. The van der Waals surface area contributed by atoms with E-state index >= 15 is 0 Å². The van der Waals surface area contributed by atoms with Crippen LogP contribution in [0.5, 0.6) is 0 Å². The zero-order valence-corrected chi connectivity index (χ0v) is 16.9. The number of hydrogen-bond acceptors (Lipinski definition) is 3. The van der Waals surface area contributed by atoms with Crippen molar-refractivity contribution in [3.63, 3.8) is 0 Å². The second-order valence-electron chi connectivity index (χ2n) is 6.68. The average molecular weight is 424 g/mol. The number of carbonyl (C=O) groups is 1. The molecule has 1 aliphatic heterocycles. The minimum absolute atomic E-state index is 0.0356. The van der Waals surface area contributed by atoms with Crippen LogP contribution in [0.4, 0.5) is 13.2 Å². The predicted octanol–water partition coefficient (Wildman–Crippen LogP) is 3.41. The van der Waals surface area contributed by atoms with Crippen LogP contribution >= 0.6 is 11.3 Å². The van der Waals surface area contributed by atoms with Gasteiger partial charge in [0.15, 0.2) is 5.96 Å². The van der Waals surface area contributed by atoms with E-state index in [2.05, 4.69) is 15.6 Å². The molecule has 1 aromatic heterocycles. The lowest BCUT2D eigenvalue weighted by molar-refractivity contribution is -0.137. The molecule has 2 heterocycles. The molecular formula is C20H23F3N4OS. The van der Waals surface area contributed by atoms with Crippen molar-refractivity contribution in [3.05, 3.63) is 57.3 Å². The van der Waals surface area contributed by atoms with Gasteiger partial charge < -0.3 is 15.5 Å². The summed E-state index contributed by atoms with van der Waals surface area (Å²) in [6, 6.07) is 7.14. The molecule has 156 valence electrons. The van der Waals surface area contributed by atoms with E-state index in [4.69, 9.17) is 0 Å². The number of nitrogens with one attached hydrogen (secondary N) is 2. The lowest BCUT2D eigenvalue weighted by atomic mass is 10.1. The van der Waals surface area contributed by atoms with Crippen LogP contribution < -0.4 is 10.6 Å². The maximum Gasteiger partial charge on any atom is 0.416 e. The summed E-state index contributed by atoms with van der Waals surface area (Å²) in [4.78, 5) is 20.0. The summed E-state index contributed by atoms with van der Waals surface area (Å²) in [5, 5.41) is 8.04. The molecule has 0 radical (unpaired) electrons. The van der Waals surface area contributed by atoms with Crippen LogP contribution in [0, 0.1) is 0 Å². The van der Waals surface area contributed by atoms with Gasteiger partial charge >= 0.3 is 6.18 Å². The van der Waals surface area contributed by atoms with E-state index < -0.39 is 11.7 Å². The Morgan fingerprint density at radius 2 is 2.10 bits per heavy atom. The van der Waals surface area contributed by atoms with E-state index in [0.29, 0.717) is 31.2 Å². The van der Waals surface area contributed by atoms with Gasteiger partial charge in [-0.15, -0.1) is 11.3 Å². The minimum atomic E-state index is -4.38. The molecule has 0 unspecified atom stereocenters. The summed E-state index contributed by atoms with van der Waals surface area (Å²) >= 11 is 1.72. The molecule has 0 spiro atoms. The molecule has 2 N–H and O–H groups in total. The molecule has 2 aromatic rings. The van der Waals surface area contributed by atoms with Crippen LogP contribution in [0.1, 0.15) is 28.5 Å². The maximum absolute atomic E-state index is 12.8. The molecule has 9 heteroatoms. The molecule has 0 atom stereocenters. The summed E-state index contributed by atoms with van der Waals surface area (Å²) in [5.41, 5.74) is 0.945. The van der Waals surface area contributed by atoms with Gasteiger partial charge in [-0.2, -0.15) is 13.2 Å². The number of halogens is 3.